The molecule has 62 valence electrons. The van der Waals surface area contributed by atoms with Crippen molar-refractivity contribution in [3.8, 4) is 0 Å². The standard InChI is InChI=1S/C9H15NS/c1-3-7-4-10-9-8(7)6(2)5-11-9/h3,6,8-10H,4-5H2,1-2H3/b7-3+. The summed E-state index contributed by atoms with van der Waals surface area (Å²) < 4.78 is 0. The molecule has 1 N–H and O–H groups in total. The van der Waals surface area contributed by atoms with Gasteiger partial charge >= 0.3 is 0 Å². The molecule has 2 saturated heterocycles. The summed E-state index contributed by atoms with van der Waals surface area (Å²) >= 11 is 2.09. The molecule has 2 heterocycles. The number of rotatable bonds is 0. The molecule has 0 spiro atoms. The van der Waals surface area contributed by atoms with Crippen LogP contribution in [0.3, 0.4) is 0 Å². The van der Waals surface area contributed by atoms with Crippen molar-refractivity contribution in [2.75, 3.05) is 12.3 Å². The molecule has 2 fully saturated rings. The van der Waals surface area contributed by atoms with E-state index in [1.165, 1.54) is 5.75 Å². The maximum absolute atomic E-state index is 3.54. The molecular formula is C9H15NS. The van der Waals surface area contributed by atoms with Gasteiger partial charge in [-0.1, -0.05) is 18.6 Å². The molecule has 2 aliphatic heterocycles. The fraction of sp³-hybridized carbons (Fsp3) is 0.778. The summed E-state index contributed by atoms with van der Waals surface area (Å²) in [5.74, 6) is 3.05. The lowest BCUT2D eigenvalue weighted by molar-refractivity contribution is 0.485. The molecule has 0 radical (unpaired) electrons. The lowest BCUT2D eigenvalue weighted by Gasteiger charge is -2.13. The van der Waals surface area contributed by atoms with Crippen LogP contribution < -0.4 is 5.32 Å². The Bertz CT molecular complexity index is 188. The topological polar surface area (TPSA) is 12.0 Å². The predicted octanol–water partition coefficient (Wildman–Crippen LogP) is 1.86. The van der Waals surface area contributed by atoms with Gasteiger partial charge in [-0.25, -0.2) is 0 Å². The van der Waals surface area contributed by atoms with E-state index in [-0.39, 0.29) is 0 Å². The van der Waals surface area contributed by atoms with Crippen LogP contribution >= 0.6 is 11.8 Å². The molecule has 2 rings (SSSR count). The van der Waals surface area contributed by atoms with Gasteiger partial charge in [0.2, 0.25) is 0 Å². The van der Waals surface area contributed by atoms with Gasteiger partial charge in [-0.15, -0.1) is 11.8 Å². The van der Waals surface area contributed by atoms with E-state index in [2.05, 4.69) is 37.0 Å². The Hall–Kier alpha value is 0.0500. The highest BCUT2D eigenvalue weighted by molar-refractivity contribution is 8.00. The van der Waals surface area contributed by atoms with E-state index < -0.39 is 0 Å². The van der Waals surface area contributed by atoms with Gasteiger partial charge in [-0.2, -0.15) is 0 Å². The summed E-state index contributed by atoms with van der Waals surface area (Å²) in [6, 6.07) is 0. The van der Waals surface area contributed by atoms with Crippen molar-refractivity contribution in [1.29, 1.82) is 0 Å². The van der Waals surface area contributed by atoms with Crippen LogP contribution in [-0.2, 0) is 0 Å². The van der Waals surface area contributed by atoms with Crippen molar-refractivity contribution in [3.05, 3.63) is 11.6 Å². The van der Waals surface area contributed by atoms with Crippen LogP contribution in [0.15, 0.2) is 11.6 Å². The van der Waals surface area contributed by atoms with Crippen LogP contribution in [0.5, 0.6) is 0 Å². The highest BCUT2D eigenvalue weighted by atomic mass is 32.2. The zero-order valence-electron chi connectivity index (χ0n) is 7.13. The van der Waals surface area contributed by atoms with Gasteiger partial charge in [-0.05, 0) is 18.6 Å². The van der Waals surface area contributed by atoms with Crippen LogP contribution in [0, 0.1) is 11.8 Å². The first-order valence-electron chi connectivity index (χ1n) is 4.33. The van der Waals surface area contributed by atoms with Crippen molar-refractivity contribution in [2.45, 2.75) is 19.2 Å². The molecular weight excluding hydrogens is 154 g/mol. The molecule has 0 aliphatic carbocycles. The summed E-state index contributed by atoms with van der Waals surface area (Å²) in [5.41, 5.74) is 1.63. The Labute approximate surface area is 72.6 Å². The van der Waals surface area contributed by atoms with Gasteiger partial charge in [0.1, 0.15) is 0 Å². The van der Waals surface area contributed by atoms with Crippen molar-refractivity contribution in [3.63, 3.8) is 0 Å². The average Bonchev–Trinajstić information content (AvgIpc) is 2.54. The molecule has 0 amide bonds. The first kappa shape index (κ1) is 7.69. The maximum Gasteiger partial charge on any atom is 0.0604 e. The molecule has 0 saturated carbocycles. The van der Waals surface area contributed by atoms with Gasteiger partial charge in [0.15, 0.2) is 0 Å². The Morgan fingerprint density at radius 3 is 3.18 bits per heavy atom. The van der Waals surface area contributed by atoms with Gasteiger partial charge in [0.25, 0.3) is 0 Å². The molecule has 0 aromatic heterocycles. The van der Waals surface area contributed by atoms with Gasteiger partial charge in [0, 0.05) is 12.5 Å². The van der Waals surface area contributed by atoms with Crippen molar-refractivity contribution in [2.24, 2.45) is 11.8 Å². The quantitative estimate of drug-likeness (QED) is 0.555. The van der Waals surface area contributed by atoms with Crippen molar-refractivity contribution in [1.82, 2.24) is 5.32 Å². The fourth-order valence-corrected chi connectivity index (χ4v) is 3.71. The zero-order chi connectivity index (χ0) is 7.84. The third-order valence-corrected chi connectivity index (χ3v) is 4.32. The molecule has 2 aliphatic rings. The number of allylic oxidation sites excluding steroid dienone is 1. The summed E-state index contributed by atoms with van der Waals surface area (Å²) in [6.07, 6.45) is 2.29. The molecule has 0 aromatic rings. The minimum Gasteiger partial charge on any atom is -0.301 e. The Morgan fingerprint density at radius 2 is 2.45 bits per heavy atom. The van der Waals surface area contributed by atoms with Gasteiger partial charge < -0.3 is 5.32 Å². The second kappa shape index (κ2) is 2.83. The highest BCUT2D eigenvalue weighted by Gasteiger charge is 2.39. The van der Waals surface area contributed by atoms with Crippen LogP contribution in [0.1, 0.15) is 13.8 Å². The third kappa shape index (κ3) is 1.13. The van der Waals surface area contributed by atoms with E-state index in [1.54, 1.807) is 5.57 Å². The van der Waals surface area contributed by atoms with E-state index in [1.807, 2.05) is 0 Å². The normalized spacial score (nSPS) is 46.7. The number of nitrogens with one attached hydrogen (secondary N) is 1. The van der Waals surface area contributed by atoms with Crippen molar-refractivity contribution < 1.29 is 0 Å². The van der Waals surface area contributed by atoms with Gasteiger partial charge in [-0.3, -0.25) is 0 Å². The van der Waals surface area contributed by atoms with E-state index in [0.717, 1.165) is 23.8 Å². The van der Waals surface area contributed by atoms with Crippen LogP contribution in [0.2, 0.25) is 0 Å². The summed E-state index contributed by atoms with van der Waals surface area (Å²) in [6.45, 7) is 5.66. The second-order valence-electron chi connectivity index (χ2n) is 3.50. The summed E-state index contributed by atoms with van der Waals surface area (Å²) in [4.78, 5) is 0. The number of hydrogen-bond donors (Lipinski definition) is 1. The lowest BCUT2D eigenvalue weighted by Crippen LogP contribution is -2.20. The zero-order valence-corrected chi connectivity index (χ0v) is 7.95. The number of thioether (sulfide) groups is 1. The predicted molar refractivity (Wildman–Crippen MR) is 50.7 cm³/mol. The highest BCUT2D eigenvalue weighted by Crippen LogP contribution is 2.42. The molecule has 3 unspecified atom stereocenters. The minimum absolute atomic E-state index is 0.733. The molecule has 0 bridgehead atoms. The van der Waals surface area contributed by atoms with E-state index in [4.69, 9.17) is 0 Å². The van der Waals surface area contributed by atoms with Crippen molar-refractivity contribution >= 4 is 11.8 Å². The second-order valence-corrected chi connectivity index (χ2v) is 4.68. The van der Waals surface area contributed by atoms with Crippen LogP contribution in [-0.4, -0.2) is 17.7 Å². The summed E-state index contributed by atoms with van der Waals surface area (Å²) in [5, 5.41) is 4.28. The number of hydrogen-bond acceptors (Lipinski definition) is 2. The fourth-order valence-electron chi connectivity index (χ4n) is 2.14. The molecule has 3 atom stereocenters. The first-order valence-corrected chi connectivity index (χ1v) is 5.38. The first-order chi connectivity index (χ1) is 5.33. The van der Waals surface area contributed by atoms with Crippen LogP contribution in [0.25, 0.3) is 0 Å². The van der Waals surface area contributed by atoms with Gasteiger partial charge in [0.05, 0.1) is 5.37 Å². The monoisotopic (exact) mass is 169 g/mol. The van der Waals surface area contributed by atoms with Crippen LogP contribution in [0.4, 0.5) is 0 Å². The Balaban J connectivity index is 2.20. The molecule has 11 heavy (non-hydrogen) atoms. The smallest absolute Gasteiger partial charge is 0.0604 e. The molecule has 1 nitrogen and oxygen atoms in total. The minimum atomic E-state index is 0.733. The van der Waals surface area contributed by atoms with E-state index in [9.17, 15) is 0 Å². The third-order valence-electron chi connectivity index (χ3n) is 2.78. The lowest BCUT2D eigenvalue weighted by atomic mass is 9.91. The average molecular weight is 169 g/mol. The van der Waals surface area contributed by atoms with E-state index >= 15 is 0 Å². The Morgan fingerprint density at radius 1 is 1.64 bits per heavy atom. The number of fused-ring (bicyclic) bond motifs is 1. The summed E-state index contributed by atoms with van der Waals surface area (Å²) in [7, 11) is 0. The SMILES string of the molecule is C/C=C1\CNC2SCC(C)C12. The molecule has 2 heteroatoms. The largest absolute Gasteiger partial charge is 0.301 e. The Kier molecular flexibility index (Phi) is 1.98. The maximum atomic E-state index is 3.54. The van der Waals surface area contributed by atoms with E-state index in [0.29, 0.717) is 0 Å². The molecule has 0 aromatic carbocycles.